The van der Waals surface area contributed by atoms with Crippen molar-refractivity contribution in [2.75, 3.05) is 6.54 Å². The van der Waals surface area contributed by atoms with Crippen molar-refractivity contribution in [3.05, 3.63) is 42.1 Å². The van der Waals surface area contributed by atoms with Gasteiger partial charge in [0.15, 0.2) is 0 Å². The molecule has 2 rings (SSSR count). The molecule has 0 aliphatic rings. The summed E-state index contributed by atoms with van der Waals surface area (Å²) in [6.45, 7) is 5.67. The highest BCUT2D eigenvalue weighted by atomic mass is 16.1. The van der Waals surface area contributed by atoms with Crippen LogP contribution in [0.15, 0.2) is 36.5 Å². The van der Waals surface area contributed by atoms with Crippen LogP contribution in [0.3, 0.4) is 0 Å². The Hall–Kier alpha value is -1.90. The molecule has 0 aliphatic heterocycles. The lowest BCUT2D eigenvalue weighted by atomic mass is 10.1. The quantitative estimate of drug-likeness (QED) is 0.755. The average molecular weight is 242 g/mol. The molecule has 0 saturated heterocycles. The highest BCUT2D eigenvalue weighted by molar-refractivity contribution is 5.78. The van der Waals surface area contributed by atoms with Gasteiger partial charge >= 0.3 is 0 Å². The van der Waals surface area contributed by atoms with E-state index in [-0.39, 0.29) is 0 Å². The van der Waals surface area contributed by atoms with Gasteiger partial charge in [-0.3, -0.25) is 9.78 Å². The zero-order valence-electron chi connectivity index (χ0n) is 10.8. The summed E-state index contributed by atoms with van der Waals surface area (Å²) in [7, 11) is 0. The van der Waals surface area contributed by atoms with Crippen LogP contribution in [0, 0.1) is 5.92 Å². The molecule has 1 aromatic carbocycles. The summed E-state index contributed by atoms with van der Waals surface area (Å²) in [5.74, 6) is 0.484. The Balaban J connectivity index is 2.18. The van der Waals surface area contributed by atoms with E-state index in [0.717, 1.165) is 29.4 Å². The number of fused-ring (bicyclic) bond motifs is 1. The van der Waals surface area contributed by atoms with Crippen LogP contribution in [0.2, 0.25) is 0 Å². The molecule has 0 fully saturated rings. The Morgan fingerprint density at radius 1 is 1.33 bits per heavy atom. The van der Waals surface area contributed by atoms with Crippen molar-refractivity contribution >= 4 is 17.3 Å². The Kier molecular flexibility index (Phi) is 3.92. The van der Waals surface area contributed by atoms with Gasteiger partial charge in [-0.1, -0.05) is 26.0 Å². The van der Waals surface area contributed by atoms with Crippen LogP contribution in [-0.2, 0) is 11.3 Å². The number of benzene rings is 1. The van der Waals surface area contributed by atoms with Gasteiger partial charge in [-0.2, -0.15) is 0 Å². The highest BCUT2D eigenvalue weighted by Crippen LogP contribution is 2.14. The number of rotatable bonds is 5. The van der Waals surface area contributed by atoms with Crippen molar-refractivity contribution in [2.24, 2.45) is 5.92 Å². The summed E-state index contributed by atoms with van der Waals surface area (Å²) in [6, 6.07) is 10.1. The van der Waals surface area contributed by atoms with Gasteiger partial charge in [0, 0.05) is 24.7 Å². The van der Waals surface area contributed by atoms with E-state index in [1.165, 1.54) is 0 Å². The van der Waals surface area contributed by atoms with Crippen LogP contribution in [0.5, 0.6) is 0 Å². The molecule has 0 spiro atoms. The third kappa shape index (κ3) is 3.06. The third-order valence-corrected chi connectivity index (χ3v) is 2.80. The SMILES string of the molecule is CC(C)CN(C=O)Cc1ccc2ncccc2c1. The van der Waals surface area contributed by atoms with Gasteiger partial charge in [-0.15, -0.1) is 0 Å². The number of pyridine rings is 1. The molecule has 1 amide bonds. The van der Waals surface area contributed by atoms with Gasteiger partial charge < -0.3 is 4.90 Å². The minimum Gasteiger partial charge on any atom is -0.341 e. The van der Waals surface area contributed by atoms with Crippen LogP contribution in [0.4, 0.5) is 0 Å². The second-order valence-electron chi connectivity index (χ2n) is 4.96. The van der Waals surface area contributed by atoms with Gasteiger partial charge in [-0.25, -0.2) is 0 Å². The maximum atomic E-state index is 11.0. The van der Waals surface area contributed by atoms with Gasteiger partial charge in [-0.05, 0) is 29.7 Å². The van der Waals surface area contributed by atoms with Crippen LogP contribution >= 0.6 is 0 Å². The molecular formula is C15H18N2O. The molecule has 0 saturated carbocycles. The summed E-state index contributed by atoms with van der Waals surface area (Å²) in [6.07, 6.45) is 2.71. The molecule has 0 N–H and O–H groups in total. The first-order valence-electron chi connectivity index (χ1n) is 6.22. The van der Waals surface area contributed by atoms with Gasteiger partial charge in [0.25, 0.3) is 0 Å². The van der Waals surface area contributed by atoms with Crippen molar-refractivity contribution in [1.82, 2.24) is 9.88 Å². The molecule has 0 atom stereocenters. The highest BCUT2D eigenvalue weighted by Gasteiger charge is 2.06. The molecule has 94 valence electrons. The lowest BCUT2D eigenvalue weighted by Crippen LogP contribution is -2.25. The normalized spacial score (nSPS) is 10.8. The zero-order chi connectivity index (χ0) is 13.0. The standard InChI is InChI=1S/C15H18N2O/c1-12(2)9-17(11-18)10-13-5-6-15-14(8-13)4-3-7-16-15/h3-8,11-12H,9-10H2,1-2H3. The van der Waals surface area contributed by atoms with Crippen molar-refractivity contribution in [2.45, 2.75) is 20.4 Å². The Bertz CT molecular complexity index is 537. The Labute approximate surface area is 107 Å². The lowest BCUT2D eigenvalue weighted by molar-refractivity contribution is -0.119. The summed E-state index contributed by atoms with van der Waals surface area (Å²) in [4.78, 5) is 17.1. The molecule has 18 heavy (non-hydrogen) atoms. The maximum absolute atomic E-state index is 11.0. The fourth-order valence-electron chi connectivity index (χ4n) is 2.07. The monoisotopic (exact) mass is 242 g/mol. The van der Waals surface area contributed by atoms with Crippen LogP contribution in [0.1, 0.15) is 19.4 Å². The second-order valence-corrected chi connectivity index (χ2v) is 4.96. The fraction of sp³-hybridized carbons (Fsp3) is 0.333. The van der Waals surface area contributed by atoms with E-state index < -0.39 is 0 Å². The molecule has 0 radical (unpaired) electrons. The van der Waals surface area contributed by atoms with Crippen molar-refractivity contribution in [3.63, 3.8) is 0 Å². The first-order chi connectivity index (χ1) is 8.69. The van der Waals surface area contributed by atoms with E-state index in [9.17, 15) is 4.79 Å². The van der Waals surface area contributed by atoms with Crippen molar-refractivity contribution in [3.8, 4) is 0 Å². The van der Waals surface area contributed by atoms with Crippen LogP contribution in [-0.4, -0.2) is 22.8 Å². The number of hydrogen-bond donors (Lipinski definition) is 0. The molecule has 2 aromatic rings. The van der Waals surface area contributed by atoms with E-state index in [2.05, 4.69) is 24.9 Å². The van der Waals surface area contributed by atoms with Crippen LogP contribution < -0.4 is 0 Å². The van der Waals surface area contributed by atoms with Gasteiger partial charge in [0.1, 0.15) is 0 Å². The zero-order valence-corrected chi connectivity index (χ0v) is 10.8. The molecule has 1 aromatic heterocycles. The maximum Gasteiger partial charge on any atom is 0.210 e. The van der Waals surface area contributed by atoms with Crippen molar-refractivity contribution in [1.29, 1.82) is 0 Å². The van der Waals surface area contributed by atoms with E-state index in [0.29, 0.717) is 12.5 Å². The largest absolute Gasteiger partial charge is 0.341 e. The lowest BCUT2D eigenvalue weighted by Gasteiger charge is -2.19. The van der Waals surface area contributed by atoms with E-state index in [1.807, 2.05) is 29.2 Å². The van der Waals surface area contributed by atoms with Gasteiger partial charge in [0.05, 0.1) is 5.52 Å². The second kappa shape index (κ2) is 5.63. The number of carbonyl (C=O) groups excluding carboxylic acids is 1. The first kappa shape index (κ1) is 12.6. The third-order valence-electron chi connectivity index (χ3n) is 2.80. The number of hydrogen-bond acceptors (Lipinski definition) is 2. The molecular weight excluding hydrogens is 224 g/mol. The number of aromatic nitrogens is 1. The topological polar surface area (TPSA) is 33.2 Å². The predicted molar refractivity (Wildman–Crippen MR) is 73.1 cm³/mol. The van der Waals surface area contributed by atoms with Crippen molar-refractivity contribution < 1.29 is 4.79 Å². The molecule has 0 bridgehead atoms. The smallest absolute Gasteiger partial charge is 0.210 e. The minimum atomic E-state index is 0.484. The fourth-order valence-corrected chi connectivity index (χ4v) is 2.07. The molecule has 0 unspecified atom stereocenters. The van der Waals surface area contributed by atoms with E-state index in [1.54, 1.807) is 6.20 Å². The first-order valence-corrected chi connectivity index (χ1v) is 6.22. The Morgan fingerprint density at radius 3 is 2.89 bits per heavy atom. The summed E-state index contributed by atoms with van der Waals surface area (Å²) in [5.41, 5.74) is 2.13. The van der Waals surface area contributed by atoms with Gasteiger partial charge in [0.2, 0.25) is 6.41 Å². The molecule has 0 aliphatic carbocycles. The van der Waals surface area contributed by atoms with Crippen LogP contribution in [0.25, 0.3) is 10.9 Å². The Morgan fingerprint density at radius 2 is 2.17 bits per heavy atom. The number of nitrogens with zero attached hydrogens (tertiary/aromatic N) is 2. The molecule has 3 heteroatoms. The molecule has 3 nitrogen and oxygen atoms in total. The number of amides is 1. The summed E-state index contributed by atoms with van der Waals surface area (Å²) >= 11 is 0. The number of carbonyl (C=O) groups is 1. The molecule has 1 heterocycles. The summed E-state index contributed by atoms with van der Waals surface area (Å²) < 4.78 is 0. The van der Waals surface area contributed by atoms with E-state index in [4.69, 9.17) is 0 Å². The minimum absolute atomic E-state index is 0.484. The van der Waals surface area contributed by atoms with E-state index >= 15 is 0 Å². The average Bonchev–Trinajstić information content (AvgIpc) is 2.37. The summed E-state index contributed by atoms with van der Waals surface area (Å²) in [5, 5.41) is 1.12. The predicted octanol–water partition coefficient (Wildman–Crippen LogP) is 2.85.